The normalized spacial score (nSPS) is 17.5. The van der Waals surface area contributed by atoms with E-state index in [0.717, 1.165) is 57.2 Å². The average molecular weight is 421 g/mol. The summed E-state index contributed by atoms with van der Waals surface area (Å²) in [6.45, 7) is 10.1. The molecule has 2 aliphatic rings. The first-order valence-corrected chi connectivity index (χ1v) is 10.9. The Morgan fingerprint density at radius 1 is 1.03 bits per heavy atom. The van der Waals surface area contributed by atoms with E-state index in [9.17, 15) is 0 Å². The van der Waals surface area contributed by atoms with E-state index in [1.165, 1.54) is 17.6 Å². The third-order valence-electron chi connectivity index (χ3n) is 5.97. The van der Waals surface area contributed by atoms with Gasteiger partial charge in [-0.1, -0.05) is 6.92 Å². The predicted molar refractivity (Wildman–Crippen MR) is 119 cm³/mol. The Labute approximate surface area is 182 Å². The second kappa shape index (κ2) is 8.60. The fourth-order valence-electron chi connectivity index (χ4n) is 4.04. The zero-order chi connectivity index (χ0) is 21.2. The summed E-state index contributed by atoms with van der Waals surface area (Å²) >= 11 is 0. The van der Waals surface area contributed by atoms with Crippen LogP contribution in [0.15, 0.2) is 36.9 Å². The zero-order valence-corrected chi connectivity index (χ0v) is 18.0. The topological polar surface area (TPSA) is 84.2 Å². The summed E-state index contributed by atoms with van der Waals surface area (Å²) in [5.74, 6) is 1.25. The van der Waals surface area contributed by atoms with E-state index in [1.807, 2.05) is 13.0 Å². The van der Waals surface area contributed by atoms with Crippen molar-refractivity contribution in [2.24, 2.45) is 0 Å². The van der Waals surface area contributed by atoms with Gasteiger partial charge in [0.1, 0.15) is 12.7 Å². The van der Waals surface area contributed by atoms with Gasteiger partial charge in [0.15, 0.2) is 5.82 Å². The van der Waals surface area contributed by atoms with Crippen molar-refractivity contribution in [3.05, 3.63) is 48.2 Å². The molecule has 31 heavy (non-hydrogen) atoms. The maximum Gasteiger partial charge on any atom is 0.247 e. The monoisotopic (exact) mass is 420 g/mol. The van der Waals surface area contributed by atoms with Crippen LogP contribution in [0.5, 0.6) is 0 Å². The highest BCUT2D eigenvalue weighted by atomic mass is 16.5. The largest absolute Gasteiger partial charge is 0.378 e. The van der Waals surface area contributed by atoms with Gasteiger partial charge >= 0.3 is 0 Å². The van der Waals surface area contributed by atoms with Crippen molar-refractivity contribution in [3.63, 3.8) is 0 Å². The van der Waals surface area contributed by atoms with Crippen LogP contribution in [0.4, 0.5) is 17.3 Å². The van der Waals surface area contributed by atoms with Crippen LogP contribution in [0.25, 0.3) is 5.82 Å². The highest BCUT2D eigenvalue weighted by Crippen LogP contribution is 2.26. The number of piperazine rings is 1. The van der Waals surface area contributed by atoms with E-state index < -0.39 is 0 Å². The SMILES string of the molecule is CCc1cc(Nc2ncn(-c3cc(C)ncn3)n2)cc(N2CCN(C3COC3)CC2)c1. The van der Waals surface area contributed by atoms with Gasteiger partial charge in [-0.25, -0.2) is 14.6 Å². The van der Waals surface area contributed by atoms with E-state index in [4.69, 9.17) is 4.74 Å². The minimum Gasteiger partial charge on any atom is -0.378 e. The molecule has 0 radical (unpaired) electrons. The van der Waals surface area contributed by atoms with Crippen LogP contribution in [-0.2, 0) is 11.2 Å². The van der Waals surface area contributed by atoms with Crippen molar-refractivity contribution in [3.8, 4) is 5.82 Å². The number of nitrogens with zero attached hydrogens (tertiary/aromatic N) is 7. The van der Waals surface area contributed by atoms with Crippen molar-refractivity contribution in [1.82, 2.24) is 29.6 Å². The fraction of sp³-hybridized carbons (Fsp3) is 0.455. The number of benzene rings is 1. The lowest BCUT2D eigenvalue weighted by Gasteiger charge is -2.43. The van der Waals surface area contributed by atoms with Crippen LogP contribution in [0, 0.1) is 6.92 Å². The van der Waals surface area contributed by atoms with Crippen LogP contribution < -0.4 is 10.2 Å². The number of anilines is 3. The molecule has 0 amide bonds. The third-order valence-corrected chi connectivity index (χ3v) is 5.97. The molecule has 0 spiro atoms. The molecule has 2 aromatic heterocycles. The molecule has 5 rings (SSSR count). The molecule has 0 bridgehead atoms. The van der Waals surface area contributed by atoms with Crippen LogP contribution in [0.1, 0.15) is 18.2 Å². The molecular formula is C22H28N8O. The quantitative estimate of drug-likeness (QED) is 0.650. The Hall–Kier alpha value is -3.04. The number of aryl methyl sites for hydroxylation is 2. The number of hydrogen-bond acceptors (Lipinski definition) is 8. The van der Waals surface area contributed by atoms with Crippen molar-refractivity contribution in [2.45, 2.75) is 26.3 Å². The number of aromatic nitrogens is 5. The molecule has 0 unspecified atom stereocenters. The highest BCUT2D eigenvalue weighted by Gasteiger charge is 2.29. The van der Waals surface area contributed by atoms with Crippen LogP contribution in [0.2, 0.25) is 0 Å². The van der Waals surface area contributed by atoms with Crippen LogP contribution >= 0.6 is 0 Å². The number of ether oxygens (including phenoxy) is 1. The first kappa shape index (κ1) is 19.9. The van der Waals surface area contributed by atoms with Crippen molar-refractivity contribution >= 4 is 17.3 Å². The summed E-state index contributed by atoms with van der Waals surface area (Å²) < 4.78 is 7.01. The molecule has 2 saturated heterocycles. The van der Waals surface area contributed by atoms with Gasteiger partial charge in [-0.3, -0.25) is 4.90 Å². The first-order chi connectivity index (χ1) is 15.2. The average Bonchev–Trinajstić information content (AvgIpc) is 3.21. The van der Waals surface area contributed by atoms with Gasteiger partial charge in [0.2, 0.25) is 5.95 Å². The fourth-order valence-corrected chi connectivity index (χ4v) is 4.04. The molecule has 2 fully saturated rings. The van der Waals surface area contributed by atoms with Gasteiger partial charge in [-0.05, 0) is 37.1 Å². The van der Waals surface area contributed by atoms with E-state index in [-0.39, 0.29) is 0 Å². The van der Waals surface area contributed by atoms with Gasteiger partial charge in [0.25, 0.3) is 0 Å². The number of rotatable bonds is 6. The zero-order valence-electron chi connectivity index (χ0n) is 18.0. The molecule has 0 atom stereocenters. The van der Waals surface area contributed by atoms with Gasteiger partial charge in [0, 0.05) is 49.3 Å². The Morgan fingerprint density at radius 2 is 1.87 bits per heavy atom. The van der Waals surface area contributed by atoms with E-state index >= 15 is 0 Å². The second-order valence-electron chi connectivity index (χ2n) is 8.11. The Bertz CT molecular complexity index is 1040. The number of hydrogen-bond donors (Lipinski definition) is 1. The molecule has 2 aliphatic heterocycles. The Morgan fingerprint density at radius 3 is 2.58 bits per heavy atom. The molecule has 1 aromatic carbocycles. The molecule has 9 nitrogen and oxygen atoms in total. The molecule has 4 heterocycles. The van der Waals surface area contributed by atoms with Gasteiger partial charge in [-0.2, -0.15) is 4.98 Å². The Balaban J connectivity index is 1.31. The predicted octanol–water partition coefficient (Wildman–Crippen LogP) is 2.19. The Kier molecular flexibility index (Phi) is 5.52. The van der Waals surface area contributed by atoms with E-state index in [2.05, 4.69) is 60.3 Å². The van der Waals surface area contributed by atoms with Crippen molar-refractivity contribution in [1.29, 1.82) is 0 Å². The summed E-state index contributed by atoms with van der Waals surface area (Å²) in [6, 6.07) is 9.14. The third kappa shape index (κ3) is 4.38. The van der Waals surface area contributed by atoms with Crippen LogP contribution in [-0.4, -0.2) is 75.1 Å². The van der Waals surface area contributed by atoms with E-state index in [0.29, 0.717) is 17.8 Å². The molecule has 9 heteroatoms. The lowest BCUT2D eigenvalue weighted by Crippen LogP contribution is -2.56. The second-order valence-corrected chi connectivity index (χ2v) is 8.11. The highest BCUT2D eigenvalue weighted by molar-refractivity contribution is 5.64. The summed E-state index contributed by atoms with van der Waals surface area (Å²) in [5, 5.41) is 7.90. The maximum atomic E-state index is 5.35. The van der Waals surface area contributed by atoms with Gasteiger partial charge < -0.3 is 15.0 Å². The summed E-state index contributed by atoms with van der Waals surface area (Å²) in [7, 11) is 0. The maximum absolute atomic E-state index is 5.35. The van der Waals surface area contributed by atoms with Crippen molar-refractivity contribution < 1.29 is 4.74 Å². The molecule has 1 N–H and O–H groups in total. The summed E-state index contributed by atoms with van der Waals surface area (Å²) in [5.41, 5.74) is 4.43. The lowest BCUT2D eigenvalue weighted by atomic mass is 10.1. The first-order valence-electron chi connectivity index (χ1n) is 10.9. The van der Waals surface area contributed by atoms with E-state index in [1.54, 1.807) is 11.0 Å². The smallest absolute Gasteiger partial charge is 0.247 e. The van der Waals surface area contributed by atoms with Crippen molar-refractivity contribution in [2.75, 3.05) is 49.6 Å². The minimum atomic E-state index is 0.547. The molecular weight excluding hydrogens is 392 g/mol. The van der Waals surface area contributed by atoms with Crippen LogP contribution in [0.3, 0.4) is 0 Å². The molecule has 0 saturated carbocycles. The number of nitrogens with one attached hydrogen (secondary N) is 1. The van der Waals surface area contributed by atoms with Gasteiger partial charge in [0.05, 0.1) is 19.3 Å². The summed E-state index contributed by atoms with van der Waals surface area (Å²) in [6.07, 6.45) is 4.18. The lowest BCUT2D eigenvalue weighted by molar-refractivity contribution is -0.0660. The molecule has 0 aliphatic carbocycles. The molecule has 3 aromatic rings. The summed E-state index contributed by atoms with van der Waals surface area (Å²) in [4.78, 5) is 17.8. The standard InChI is InChI=1S/C22H28N8O/c1-3-17-9-18(26-22-25-15-30(27-22)21-8-16(2)23-14-24-21)11-19(10-17)28-4-6-29(7-5-28)20-12-31-13-20/h8-11,14-15,20H,3-7,12-13H2,1-2H3,(H,26,27). The minimum absolute atomic E-state index is 0.547. The van der Waals surface area contributed by atoms with Gasteiger partial charge in [-0.15, -0.1) is 5.10 Å². The molecule has 162 valence electrons.